The van der Waals surface area contributed by atoms with E-state index < -0.39 is 0 Å². The minimum Gasteiger partial charge on any atom is -0.150 e. The van der Waals surface area contributed by atoms with Crippen molar-refractivity contribution in [1.82, 2.24) is 0 Å². The number of benzene rings is 1. The normalized spacial score (nSPS) is 12.2. The van der Waals surface area contributed by atoms with E-state index in [9.17, 15) is 4.91 Å². The first-order valence-corrected chi connectivity index (χ1v) is 8.76. The van der Waals surface area contributed by atoms with Gasteiger partial charge in [0.1, 0.15) is 6.04 Å². The molecule has 0 heterocycles. The third-order valence-corrected chi connectivity index (χ3v) is 4.14. The third-order valence-electron chi connectivity index (χ3n) is 4.14. The van der Waals surface area contributed by atoms with Gasteiger partial charge in [0.2, 0.25) is 0 Å². The molecule has 0 fully saturated rings. The van der Waals surface area contributed by atoms with Crippen LogP contribution in [0.4, 0.5) is 0 Å². The second-order valence-electron chi connectivity index (χ2n) is 6.00. The van der Waals surface area contributed by atoms with E-state index in [1.807, 2.05) is 30.3 Å². The van der Waals surface area contributed by atoms with Gasteiger partial charge >= 0.3 is 0 Å². The first-order chi connectivity index (χ1) is 10.4. The van der Waals surface area contributed by atoms with Crippen molar-refractivity contribution in [2.75, 3.05) is 0 Å². The minimum atomic E-state index is -0.153. The van der Waals surface area contributed by atoms with Crippen LogP contribution in [0, 0.1) is 4.91 Å². The predicted molar refractivity (Wildman–Crippen MR) is 91.4 cm³/mol. The second kappa shape index (κ2) is 12.6. The van der Waals surface area contributed by atoms with Crippen LogP contribution >= 0.6 is 0 Å². The molecule has 2 heteroatoms. The van der Waals surface area contributed by atoms with Crippen molar-refractivity contribution < 1.29 is 0 Å². The summed E-state index contributed by atoms with van der Waals surface area (Å²) in [5.74, 6) is 0. The lowest BCUT2D eigenvalue weighted by Gasteiger charge is -2.09. The Morgan fingerprint density at radius 1 is 0.810 bits per heavy atom. The van der Waals surface area contributed by atoms with Gasteiger partial charge in [-0.2, -0.15) is 4.91 Å². The molecule has 0 radical (unpaired) electrons. The lowest BCUT2D eigenvalue weighted by atomic mass is 10.00. The Morgan fingerprint density at radius 2 is 1.33 bits per heavy atom. The third kappa shape index (κ3) is 8.64. The number of hydrogen-bond donors (Lipinski definition) is 0. The number of nitrogens with zero attached hydrogens (tertiary/aromatic N) is 1. The Balaban J connectivity index is 1.99. The number of nitroso groups, excluding NO2 is 1. The van der Waals surface area contributed by atoms with Crippen molar-refractivity contribution in [3.05, 3.63) is 40.8 Å². The summed E-state index contributed by atoms with van der Waals surface area (Å²) >= 11 is 0. The van der Waals surface area contributed by atoms with E-state index in [4.69, 9.17) is 0 Å². The summed E-state index contributed by atoms with van der Waals surface area (Å²) in [4.78, 5) is 10.9. The lowest BCUT2D eigenvalue weighted by Crippen LogP contribution is -1.94. The van der Waals surface area contributed by atoms with Gasteiger partial charge in [-0.3, -0.25) is 0 Å². The molecule has 0 spiro atoms. The van der Waals surface area contributed by atoms with Crippen molar-refractivity contribution in [3.8, 4) is 0 Å². The summed E-state index contributed by atoms with van der Waals surface area (Å²) in [6.07, 6.45) is 14.2. The molecule has 1 unspecified atom stereocenters. The topological polar surface area (TPSA) is 29.4 Å². The van der Waals surface area contributed by atoms with E-state index in [-0.39, 0.29) is 6.04 Å². The molecule has 21 heavy (non-hydrogen) atoms. The van der Waals surface area contributed by atoms with Gasteiger partial charge in [-0.25, -0.2) is 0 Å². The van der Waals surface area contributed by atoms with Crippen LogP contribution in [0.15, 0.2) is 35.5 Å². The summed E-state index contributed by atoms with van der Waals surface area (Å²) in [6.45, 7) is 2.26. The molecule has 0 aliphatic heterocycles. The molecule has 0 aliphatic rings. The van der Waals surface area contributed by atoms with Crippen molar-refractivity contribution >= 4 is 0 Å². The fraction of sp³-hybridized carbons (Fsp3) is 0.684. The molecule has 0 amide bonds. The van der Waals surface area contributed by atoms with E-state index >= 15 is 0 Å². The van der Waals surface area contributed by atoms with E-state index in [1.54, 1.807) is 0 Å². The quantitative estimate of drug-likeness (QED) is 0.290. The van der Waals surface area contributed by atoms with E-state index in [0.717, 1.165) is 18.4 Å². The SMILES string of the molecule is CCCCCCCCCCCCC(N=O)c1ccccc1. The van der Waals surface area contributed by atoms with Crippen LogP contribution in [0.25, 0.3) is 0 Å². The van der Waals surface area contributed by atoms with Crippen LogP contribution in [0.5, 0.6) is 0 Å². The predicted octanol–water partition coefficient (Wildman–Crippen LogP) is 6.81. The molecule has 1 rings (SSSR count). The van der Waals surface area contributed by atoms with Crippen molar-refractivity contribution in [2.45, 2.75) is 83.6 Å². The van der Waals surface area contributed by atoms with Crippen LogP contribution < -0.4 is 0 Å². The molecule has 2 nitrogen and oxygen atoms in total. The monoisotopic (exact) mass is 289 g/mol. The van der Waals surface area contributed by atoms with Gasteiger partial charge in [0.05, 0.1) is 0 Å². The molecule has 1 atom stereocenters. The van der Waals surface area contributed by atoms with Gasteiger partial charge < -0.3 is 0 Å². The average molecular weight is 289 g/mol. The summed E-state index contributed by atoms with van der Waals surface area (Å²) in [5, 5.41) is 3.28. The van der Waals surface area contributed by atoms with Crippen LogP contribution in [-0.2, 0) is 0 Å². The van der Waals surface area contributed by atoms with E-state index in [2.05, 4.69) is 12.1 Å². The largest absolute Gasteiger partial charge is 0.150 e. The molecule has 1 aromatic carbocycles. The maximum Gasteiger partial charge on any atom is 0.117 e. The Morgan fingerprint density at radius 3 is 1.86 bits per heavy atom. The van der Waals surface area contributed by atoms with Crippen LogP contribution in [0.1, 0.15) is 89.2 Å². The van der Waals surface area contributed by atoms with Crippen molar-refractivity contribution in [3.63, 3.8) is 0 Å². The fourth-order valence-corrected chi connectivity index (χ4v) is 2.78. The van der Waals surface area contributed by atoms with Gasteiger partial charge in [0.25, 0.3) is 0 Å². The first kappa shape index (κ1) is 17.9. The highest BCUT2D eigenvalue weighted by atomic mass is 16.3. The van der Waals surface area contributed by atoms with Gasteiger partial charge in [0.15, 0.2) is 0 Å². The maximum absolute atomic E-state index is 10.9. The molecular weight excluding hydrogens is 258 g/mol. The van der Waals surface area contributed by atoms with Gasteiger partial charge in [-0.15, -0.1) is 0 Å². The van der Waals surface area contributed by atoms with E-state index in [1.165, 1.54) is 57.8 Å². The minimum absolute atomic E-state index is 0.153. The zero-order valence-corrected chi connectivity index (χ0v) is 13.6. The Labute approximate surface area is 130 Å². The first-order valence-electron chi connectivity index (χ1n) is 8.76. The van der Waals surface area contributed by atoms with Crippen LogP contribution in [0.3, 0.4) is 0 Å². The molecule has 0 saturated heterocycles. The van der Waals surface area contributed by atoms with Crippen molar-refractivity contribution in [2.24, 2.45) is 5.18 Å². The van der Waals surface area contributed by atoms with E-state index in [0.29, 0.717) is 0 Å². The number of unbranched alkanes of at least 4 members (excludes halogenated alkanes) is 9. The highest BCUT2D eigenvalue weighted by molar-refractivity contribution is 5.18. The molecule has 1 aromatic rings. The van der Waals surface area contributed by atoms with Gasteiger partial charge in [0, 0.05) is 0 Å². The highest BCUT2D eigenvalue weighted by Gasteiger charge is 2.10. The van der Waals surface area contributed by atoms with Gasteiger partial charge in [-0.05, 0) is 12.0 Å². The standard InChI is InChI=1S/C19H31NO/c1-2-3-4-5-6-7-8-9-10-14-17-19(20-21)18-15-12-11-13-16-18/h11-13,15-16,19H,2-10,14,17H2,1H3. The number of rotatable bonds is 13. The Bertz CT molecular complexity index is 350. The van der Waals surface area contributed by atoms with Crippen LogP contribution in [0.2, 0.25) is 0 Å². The zero-order valence-electron chi connectivity index (χ0n) is 13.6. The summed E-state index contributed by atoms with van der Waals surface area (Å²) in [7, 11) is 0. The summed E-state index contributed by atoms with van der Waals surface area (Å²) in [5.41, 5.74) is 1.06. The molecule has 0 bridgehead atoms. The Hall–Kier alpha value is -1.18. The smallest absolute Gasteiger partial charge is 0.117 e. The average Bonchev–Trinajstić information content (AvgIpc) is 2.54. The molecular formula is C19H31NO. The maximum atomic E-state index is 10.9. The lowest BCUT2D eigenvalue weighted by molar-refractivity contribution is 0.529. The molecule has 0 N–H and O–H groups in total. The molecule has 0 aliphatic carbocycles. The number of hydrogen-bond acceptors (Lipinski definition) is 2. The molecule has 0 aromatic heterocycles. The van der Waals surface area contributed by atoms with Crippen molar-refractivity contribution in [1.29, 1.82) is 0 Å². The summed E-state index contributed by atoms with van der Waals surface area (Å²) < 4.78 is 0. The fourth-order valence-electron chi connectivity index (χ4n) is 2.78. The summed E-state index contributed by atoms with van der Waals surface area (Å²) in [6, 6.07) is 9.79. The highest BCUT2D eigenvalue weighted by Crippen LogP contribution is 2.23. The molecule has 0 saturated carbocycles. The Kier molecular flexibility index (Phi) is 10.7. The van der Waals surface area contributed by atoms with Crippen LogP contribution in [-0.4, -0.2) is 0 Å². The molecule has 118 valence electrons. The second-order valence-corrected chi connectivity index (χ2v) is 6.00. The zero-order chi connectivity index (χ0) is 15.2. The van der Waals surface area contributed by atoms with Gasteiger partial charge in [-0.1, -0.05) is 107 Å².